The van der Waals surface area contributed by atoms with E-state index in [1.807, 2.05) is 0 Å². The number of sulfone groups is 1. The summed E-state index contributed by atoms with van der Waals surface area (Å²) in [6.07, 6.45) is 1.57. The van der Waals surface area contributed by atoms with Crippen LogP contribution >= 0.6 is 0 Å². The Morgan fingerprint density at radius 3 is 2.47 bits per heavy atom. The zero-order valence-electron chi connectivity index (χ0n) is 20.3. The number of aromatic nitrogens is 2. The summed E-state index contributed by atoms with van der Waals surface area (Å²) in [6.45, 7) is 1.24. The number of nitrogens with one attached hydrogen (secondary N) is 3. The number of H-pyrrole nitrogens is 1. The van der Waals surface area contributed by atoms with Crippen molar-refractivity contribution in [1.29, 1.82) is 0 Å². The van der Waals surface area contributed by atoms with Crippen LogP contribution in [0.3, 0.4) is 0 Å². The van der Waals surface area contributed by atoms with Crippen molar-refractivity contribution < 1.29 is 31.5 Å². The number of amides is 1. The molecule has 0 saturated carbocycles. The first-order valence-electron chi connectivity index (χ1n) is 11.8. The van der Waals surface area contributed by atoms with E-state index in [9.17, 15) is 22.0 Å². The fraction of sp³-hybridized carbons (Fsp3) is 0.231. The van der Waals surface area contributed by atoms with Gasteiger partial charge in [0.2, 0.25) is 9.84 Å². The molecule has 1 aromatic heterocycles. The van der Waals surface area contributed by atoms with E-state index >= 15 is 0 Å². The first-order chi connectivity index (χ1) is 18.2. The number of methoxy groups -OCH3 is 1. The van der Waals surface area contributed by atoms with Crippen LogP contribution in [0.25, 0.3) is 10.9 Å². The van der Waals surface area contributed by atoms with Gasteiger partial charge in [0.15, 0.2) is 5.82 Å². The number of halogens is 2. The number of anilines is 2. The topological polar surface area (TPSA) is 122 Å². The Bertz CT molecular complexity index is 1600. The van der Waals surface area contributed by atoms with Gasteiger partial charge in [-0.05, 0) is 55.3 Å². The van der Waals surface area contributed by atoms with Gasteiger partial charge in [0.25, 0.3) is 5.91 Å². The van der Waals surface area contributed by atoms with Gasteiger partial charge in [0.1, 0.15) is 17.4 Å². The summed E-state index contributed by atoms with van der Waals surface area (Å²) in [5, 5.41) is 13.3. The molecule has 3 N–H and O–H groups in total. The smallest absolute Gasteiger partial charge is 0.258 e. The highest BCUT2D eigenvalue weighted by molar-refractivity contribution is 7.91. The maximum Gasteiger partial charge on any atom is 0.258 e. The third-order valence-corrected chi connectivity index (χ3v) is 8.01. The lowest BCUT2D eigenvalue weighted by Gasteiger charge is -2.25. The van der Waals surface area contributed by atoms with Crippen molar-refractivity contribution in [3.63, 3.8) is 0 Å². The molecule has 12 heteroatoms. The fourth-order valence-electron chi connectivity index (χ4n) is 4.28. The second kappa shape index (κ2) is 10.4. The van der Waals surface area contributed by atoms with Crippen LogP contribution in [-0.2, 0) is 14.6 Å². The van der Waals surface area contributed by atoms with Crippen LogP contribution < -0.4 is 15.4 Å². The van der Waals surface area contributed by atoms with E-state index in [0.717, 1.165) is 25.0 Å². The highest BCUT2D eigenvalue weighted by Gasteiger charge is 2.23. The zero-order valence-corrected chi connectivity index (χ0v) is 21.1. The molecule has 1 aliphatic heterocycles. The molecule has 2 heterocycles. The Morgan fingerprint density at radius 1 is 1.03 bits per heavy atom. The molecule has 0 unspecified atom stereocenters. The second-order valence-electron chi connectivity index (χ2n) is 8.78. The average Bonchev–Trinajstić information content (AvgIpc) is 3.30. The van der Waals surface area contributed by atoms with E-state index in [4.69, 9.17) is 9.47 Å². The molecule has 1 aliphatic rings. The largest absolute Gasteiger partial charge is 0.497 e. The van der Waals surface area contributed by atoms with Crippen molar-refractivity contribution in [2.75, 3.05) is 31.0 Å². The number of hydrogen-bond acceptors (Lipinski definition) is 7. The van der Waals surface area contributed by atoms with E-state index < -0.39 is 32.3 Å². The number of ether oxygens (including phenoxy) is 2. The van der Waals surface area contributed by atoms with Crippen molar-refractivity contribution >= 4 is 38.2 Å². The van der Waals surface area contributed by atoms with E-state index in [2.05, 4.69) is 20.8 Å². The predicted molar refractivity (Wildman–Crippen MR) is 136 cm³/mol. The minimum Gasteiger partial charge on any atom is -0.497 e. The van der Waals surface area contributed by atoms with Gasteiger partial charge in [0.05, 0.1) is 33.7 Å². The van der Waals surface area contributed by atoms with Gasteiger partial charge in [-0.2, -0.15) is 5.10 Å². The number of aromatic amines is 1. The lowest BCUT2D eigenvalue weighted by molar-refractivity contribution is 0.0904. The van der Waals surface area contributed by atoms with Crippen molar-refractivity contribution in [3.8, 4) is 5.75 Å². The number of carbonyl (C=O) groups is 1. The maximum absolute atomic E-state index is 13.7. The summed E-state index contributed by atoms with van der Waals surface area (Å²) in [4.78, 5) is 12.6. The zero-order chi connectivity index (χ0) is 26.9. The van der Waals surface area contributed by atoms with Crippen LogP contribution in [0.1, 0.15) is 23.2 Å². The summed E-state index contributed by atoms with van der Waals surface area (Å²) in [5.74, 6) is -1.82. The average molecular weight is 543 g/mol. The Kier molecular flexibility index (Phi) is 7.00. The van der Waals surface area contributed by atoms with Crippen LogP contribution in [0, 0.1) is 11.6 Å². The summed E-state index contributed by atoms with van der Waals surface area (Å²) in [7, 11) is -2.72. The minimum atomic E-state index is -4.25. The van der Waals surface area contributed by atoms with Gasteiger partial charge in [-0.1, -0.05) is 0 Å². The molecule has 5 rings (SSSR count). The number of fused-ring (bicyclic) bond motifs is 1. The third kappa shape index (κ3) is 5.18. The molecule has 0 spiro atoms. The molecule has 0 radical (unpaired) electrons. The highest BCUT2D eigenvalue weighted by atomic mass is 32.2. The van der Waals surface area contributed by atoms with Gasteiger partial charge in [-0.25, -0.2) is 17.2 Å². The first kappa shape index (κ1) is 25.6. The number of carbonyl (C=O) groups excluding carboxylic acids is 1. The van der Waals surface area contributed by atoms with Crippen LogP contribution in [0.2, 0.25) is 0 Å². The molecule has 9 nitrogen and oxygen atoms in total. The number of rotatable bonds is 7. The minimum absolute atomic E-state index is 0.0975. The SMILES string of the molecule is COc1ccc(C(=O)Nc2n[nH]c3ccc(S(=O)(=O)c4cc(F)cc(F)c4)cc23)c(NC2CCOCC2)c1. The quantitative estimate of drug-likeness (QED) is 0.314. The Hall–Kier alpha value is -4.03. The summed E-state index contributed by atoms with van der Waals surface area (Å²) in [5.41, 5.74) is 1.37. The van der Waals surface area contributed by atoms with E-state index in [1.54, 1.807) is 18.2 Å². The molecule has 0 atom stereocenters. The third-order valence-electron chi connectivity index (χ3n) is 6.28. The fourth-order valence-corrected chi connectivity index (χ4v) is 5.61. The van der Waals surface area contributed by atoms with E-state index in [-0.39, 0.29) is 16.8 Å². The number of nitrogens with zero attached hydrogens (tertiary/aromatic N) is 1. The molecule has 1 amide bonds. The predicted octanol–water partition coefficient (Wildman–Crippen LogP) is 4.53. The lowest BCUT2D eigenvalue weighted by Crippen LogP contribution is -2.29. The van der Waals surface area contributed by atoms with Crippen molar-refractivity contribution in [1.82, 2.24) is 10.2 Å². The number of benzene rings is 3. The van der Waals surface area contributed by atoms with Gasteiger partial charge in [0, 0.05) is 36.8 Å². The monoisotopic (exact) mass is 542 g/mol. The Balaban J connectivity index is 1.46. The molecule has 38 heavy (non-hydrogen) atoms. The summed E-state index contributed by atoms with van der Waals surface area (Å²) < 4.78 is 64.3. The maximum atomic E-state index is 13.7. The molecule has 3 aromatic carbocycles. The van der Waals surface area contributed by atoms with Gasteiger partial charge in [-0.15, -0.1) is 0 Å². The van der Waals surface area contributed by atoms with Crippen LogP contribution in [0.5, 0.6) is 5.75 Å². The van der Waals surface area contributed by atoms with Crippen molar-refractivity contribution in [2.24, 2.45) is 0 Å². The van der Waals surface area contributed by atoms with Crippen LogP contribution in [0.4, 0.5) is 20.3 Å². The molecular weight excluding hydrogens is 518 g/mol. The summed E-state index contributed by atoms with van der Waals surface area (Å²) >= 11 is 0. The Morgan fingerprint density at radius 2 is 1.76 bits per heavy atom. The molecule has 1 fully saturated rings. The van der Waals surface area contributed by atoms with E-state index in [1.165, 1.54) is 25.3 Å². The van der Waals surface area contributed by atoms with Gasteiger partial charge < -0.3 is 20.1 Å². The first-order valence-corrected chi connectivity index (χ1v) is 13.3. The lowest BCUT2D eigenvalue weighted by atomic mass is 10.1. The molecule has 0 bridgehead atoms. The molecular formula is C26H24F2N4O5S. The van der Waals surface area contributed by atoms with Crippen LogP contribution in [0.15, 0.2) is 64.4 Å². The normalized spacial score (nSPS) is 14.4. The van der Waals surface area contributed by atoms with Crippen molar-refractivity contribution in [2.45, 2.75) is 28.7 Å². The van der Waals surface area contributed by atoms with Gasteiger partial charge >= 0.3 is 0 Å². The molecule has 4 aromatic rings. The van der Waals surface area contributed by atoms with Crippen LogP contribution in [-0.4, -0.2) is 50.9 Å². The van der Waals surface area contributed by atoms with Crippen molar-refractivity contribution in [3.05, 3.63) is 71.8 Å². The number of hydrogen-bond donors (Lipinski definition) is 3. The summed E-state index contributed by atoms with van der Waals surface area (Å²) in [6, 6.07) is 11.3. The molecule has 1 saturated heterocycles. The molecule has 198 valence electrons. The van der Waals surface area contributed by atoms with E-state index in [0.29, 0.717) is 47.2 Å². The molecule has 0 aliphatic carbocycles. The Labute approximate surface area is 217 Å². The second-order valence-corrected chi connectivity index (χ2v) is 10.7. The highest BCUT2D eigenvalue weighted by Crippen LogP contribution is 2.30. The van der Waals surface area contributed by atoms with Gasteiger partial charge in [-0.3, -0.25) is 9.89 Å². The standard InChI is InChI=1S/C26H24F2N4O5S/c1-36-18-2-4-21(24(13-18)29-17-6-8-37-9-7-17)26(33)30-25-22-14-19(3-5-23(22)31-32-25)38(34,35)20-11-15(27)10-16(28)12-20/h2-5,10-14,17,29H,6-9H2,1H3,(H2,30,31,32,33).